The fraction of sp³-hybridized carbons (Fsp3) is 0.381. The highest BCUT2D eigenvalue weighted by atomic mass is 32.2. The van der Waals surface area contributed by atoms with E-state index in [9.17, 15) is 13.2 Å². The Balaban J connectivity index is 1.86. The molecule has 138 valence electrons. The number of carbonyl (C=O) groups is 1. The fourth-order valence-electron chi connectivity index (χ4n) is 3.79. The SMILES string of the molecule is CCC(=O)C1(c2ccccc2)CCN(S(=O)(=O)c2ccc(C)cc2)CC1. The number of hydrogen-bond donors (Lipinski definition) is 0. The Kier molecular flexibility index (Phi) is 5.30. The normalized spacial score (nSPS) is 17.8. The summed E-state index contributed by atoms with van der Waals surface area (Å²) >= 11 is 0. The second-order valence-electron chi connectivity index (χ2n) is 6.94. The lowest BCUT2D eigenvalue weighted by Crippen LogP contribution is -2.48. The first-order valence-electron chi connectivity index (χ1n) is 9.06. The third-order valence-corrected chi connectivity index (χ3v) is 7.33. The molecule has 0 N–H and O–H groups in total. The van der Waals surface area contributed by atoms with E-state index in [4.69, 9.17) is 0 Å². The van der Waals surface area contributed by atoms with Crippen LogP contribution in [0.15, 0.2) is 59.5 Å². The van der Waals surface area contributed by atoms with Gasteiger partial charge in [0.2, 0.25) is 10.0 Å². The predicted octanol–water partition coefficient (Wildman–Crippen LogP) is 3.70. The lowest BCUT2D eigenvalue weighted by Gasteiger charge is -2.40. The van der Waals surface area contributed by atoms with E-state index in [1.165, 1.54) is 4.31 Å². The van der Waals surface area contributed by atoms with Gasteiger partial charge in [0.05, 0.1) is 10.3 Å². The van der Waals surface area contributed by atoms with Gasteiger partial charge in [-0.3, -0.25) is 4.79 Å². The second-order valence-corrected chi connectivity index (χ2v) is 8.88. The summed E-state index contributed by atoms with van der Waals surface area (Å²) in [5.41, 5.74) is 1.45. The van der Waals surface area contributed by atoms with Crippen molar-refractivity contribution in [3.05, 3.63) is 65.7 Å². The molecule has 2 aromatic carbocycles. The van der Waals surface area contributed by atoms with Gasteiger partial charge in [0, 0.05) is 19.5 Å². The zero-order valence-corrected chi connectivity index (χ0v) is 16.1. The molecule has 0 amide bonds. The lowest BCUT2D eigenvalue weighted by atomic mass is 9.69. The molecule has 4 nitrogen and oxygen atoms in total. The van der Waals surface area contributed by atoms with E-state index in [1.807, 2.05) is 56.3 Å². The molecule has 0 aromatic heterocycles. The molecule has 1 saturated heterocycles. The zero-order chi connectivity index (χ0) is 18.8. The topological polar surface area (TPSA) is 54.5 Å². The summed E-state index contributed by atoms with van der Waals surface area (Å²) in [4.78, 5) is 13.1. The molecule has 0 aliphatic carbocycles. The van der Waals surface area contributed by atoms with Crippen LogP contribution in [0.1, 0.15) is 37.3 Å². The minimum absolute atomic E-state index is 0.191. The molecule has 1 aliphatic rings. The third-order valence-electron chi connectivity index (χ3n) is 5.42. The third kappa shape index (κ3) is 3.33. The summed E-state index contributed by atoms with van der Waals surface area (Å²) in [7, 11) is -3.52. The number of carbonyl (C=O) groups excluding carboxylic acids is 1. The lowest BCUT2D eigenvalue weighted by molar-refractivity contribution is -0.125. The van der Waals surface area contributed by atoms with Crippen molar-refractivity contribution >= 4 is 15.8 Å². The number of aryl methyl sites for hydroxylation is 1. The Bertz CT molecular complexity index is 865. The van der Waals surface area contributed by atoms with Gasteiger partial charge in [0.15, 0.2) is 0 Å². The highest BCUT2D eigenvalue weighted by Gasteiger charge is 2.43. The molecule has 0 radical (unpaired) electrons. The maximum absolute atomic E-state index is 12.9. The van der Waals surface area contributed by atoms with Gasteiger partial charge in [-0.15, -0.1) is 0 Å². The van der Waals surface area contributed by atoms with Crippen LogP contribution in [0.3, 0.4) is 0 Å². The van der Waals surface area contributed by atoms with Gasteiger partial charge in [0.25, 0.3) is 0 Å². The van der Waals surface area contributed by atoms with Gasteiger partial charge in [0.1, 0.15) is 5.78 Å². The second kappa shape index (κ2) is 7.33. The number of sulfonamides is 1. The van der Waals surface area contributed by atoms with E-state index in [2.05, 4.69) is 0 Å². The molecule has 1 aliphatic heterocycles. The Labute approximate surface area is 155 Å². The van der Waals surface area contributed by atoms with Crippen molar-refractivity contribution in [1.82, 2.24) is 4.31 Å². The Morgan fingerprint density at radius 1 is 1.00 bits per heavy atom. The maximum atomic E-state index is 12.9. The average Bonchev–Trinajstić information content (AvgIpc) is 2.68. The van der Waals surface area contributed by atoms with Crippen LogP contribution in [0.4, 0.5) is 0 Å². The quantitative estimate of drug-likeness (QED) is 0.805. The minimum Gasteiger partial charge on any atom is -0.299 e. The maximum Gasteiger partial charge on any atom is 0.243 e. The van der Waals surface area contributed by atoms with Crippen LogP contribution in [0, 0.1) is 6.92 Å². The summed E-state index contributed by atoms with van der Waals surface area (Å²) in [5.74, 6) is 0.191. The Morgan fingerprint density at radius 2 is 1.58 bits per heavy atom. The van der Waals surface area contributed by atoms with Crippen LogP contribution < -0.4 is 0 Å². The van der Waals surface area contributed by atoms with Crippen LogP contribution in [-0.4, -0.2) is 31.6 Å². The van der Waals surface area contributed by atoms with Crippen LogP contribution in [-0.2, 0) is 20.2 Å². The number of piperidine rings is 1. The molecule has 1 heterocycles. The number of benzene rings is 2. The zero-order valence-electron chi connectivity index (χ0n) is 15.3. The fourth-order valence-corrected chi connectivity index (χ4v) is 5.23. The van der Waals surface area contributed by atoms with Crippen molar-refractivity contribution in [2.24, 2.45) is 0 Å². The molecular weight excluding hydrogens is 346 g/mol. The number of ketones is 1. The van der Waals surface area contributed by atoms with Crippen molar-refractivity contribution in [2.75, 3.05) is 13.1 Å². The van der Waals surface area contributed by atoms with Gasteiger partial charge in [-0.2, -0.15) is 4.31 Å². The summed E-state index contributed by atoms with van der Waals surface area (Å²) in [6, 6.07) is 16.7. The monoisotopic (exact) mass is 371 g/mol. The van der Waals surface area contributed by atoms with Gasteiger partial charge >= 0.3 is 0 Å². The van der Waals surface area contributed by atoms with E-state index in [1.54, 1.807) is 12.1 Å². The van der Waals surface area contributed by atoms with E-state index >= 15 is 0 Å². The first kappa shape index (κ1) is 18.8. The van der Waals surface area contributed by atoms with E-state index < -0.39 is 15.4 Å². The van der Waals surface area contributed by atoms with Crippen LogP contribution in [0.5, 0.6) is 0 Å². The first-order valence-corrected chi connectivity index (χ1v) is 10.5. The Morgan fingerprint density at radius 3 is 2.12 bits per heavy atom. The predicted molar refractivity (Wildman–Crippen MR) is 103 cm³/mol. The summed E-state index contributed by atoms with van der Waals surface area (Å²) in [6.45, 7) is 4.53. The van der Waals surface area contributed by atoms with Crippen molar-refractivity contribution in [3.8, 4) is 0 Å². The van der Waals surface area contributed by atoms with Gasteiger partial charge in [-0.05, 0) is 37.5 Å². The van der Waals surface area contributed by atoms with Crippen molar-refractivity contribution < 1.29 is 13.2 Å². The van der Waals surface area contributed by atoms with Crippen molar-refractivity contribution in [2.45, 2.75) is 43.4 Å². The highest BCUT2D eigenvalue weighted by molar-refractivity contribution is 7.89. The van der Waals surface area contributed by atoms with Gasteiger partial charge < -0.3 is 0 Å². The first-order chi connectivity index (χ1) is 12.4. The van der Waals surface area contributed by atoms with Crippen molar-refractivity contribution in [3.63, 3.8) is 0 Å². The molecule has 0 spiro atoms. The molecule has 0 saturated carbocycles. The molecular formula is C21H25NO3S. The van der Waals surface area contributed by atoms with E-state index in [-0.39, 0.29) is 5.78 Å². The van der Waals surface area contributed by atoms with Gasteiger partial charge in [-0.25, -0.2) is 8.42 Å². The smallest absolute Gasteiger partial charge is 0.243 e. The molecule has 5 heteroatoms. The number of rotatable bonds is 5. The Hall–Kier alpha value is -1.98. The molecule has 1 fully saturated rings. The number of Topliss-reactive ketones (excluding diaryl/α,β-unsaturated/α-hetero) is 1. The minimum atomic E-state index is -3.52. The van der Waals surface area contributed by atoms with Crippen LogP contribution >= 0.6 is 0 Å². The average molecular weight is 372 g/mol. The molecule has 0 atom stereocenters. The number of hydrogen-bond acceptors (Lipinski definition) is 3. The molecule has 3 rings (SSSR count). The van der Waals surface area contributed by atoms with Crippen LogP contribution in [0.25, 0.3) is 0 Å². The summed E-state index contributed by atoms with van der Waals surface area (Å²) in [5, 5.41) is 0. The molecule has 0 unspecified atom stereocenters. The van der Waals surface area contributed by atoms with Crippen molar-refractivity contribution in [1.29, 1.82) is 0 Å². The van der Waals surface area contributed by atoms with Crippen LogP contribution in [0.2, 0.25) is 0 Å². The largest absolute Gasteiger partial charge is 0.299 e. The van der Waals surface area contributed by atoms with E-state index in [0.717, 1.165) is 11.1 Å². The van der Waals surface area contributed by atoms with E-state index in [0.29, 0.717) is 37.2 Å². The molecule has 2 aromatic rings. The summed E-state index contributed by atoms with van der Waals surface area (Å²) in [6.07, 6.45) is 1.50. The molecule has 26 heavy (non-hydrogen) atoms. The summed E-state index contributed by atoms with van der Waals surface area (Å²) < 4.78 is 27.4. The highest BCUT2D eigenvalue weighted by Crippen LogP contribution is 2.38. The molecule has 0 bridgehead atoms. The number of nitrogens with zero attached hydrogens (tertiary/aromatic N) is 1. The van der Waals surface area contributed by atoms with Gasteiger partial charge in [-0.1, -0.05) is 55.0 Å². The standard InChI is InChI=1S/C21H25NO3S/c1-3-20(23)21(18-7-5-4-6-8-18)13-15-22(16-14-21)26(24,25)19-11-9-17(2)10-12-19/h4-12H,3,13-16H2,1-2H3.